The van der Waals surface area contributed by atoms with Crippen LogP contribution in [0.5, 0.6) is 23.0 Å². The van der Waals surface area contributed by atoms with E-state index in [2.05, 4.69) is 141 Å². The van der Waals surface area contributed by atoms with Crippen LogP contribution >= 0.6 is 19.7 Å². The summed E-state index contributed by atoms with van der Waals surface area (Å²) in [4.78, 5) is 0. The van der Waals surface area contributed by atoms with Gasteiger partial charge in [0.1, 0.15) is 24.7 Å². The third-order valence-corrected chi connectivity index (χ3v) is 8.51. The first kappa shape index (κ1) is 45.2. The molecule has 7 heteroatoms. The molecule has 0 saturated heterocycles. The Hall–Kier alpha value is -3.52. The Kier molecular flexibility index (Phi) is 19.1. The van der Waals surface area contributed by atoms with Crippen molar-refractivity contribution in [3.8, 4) is 23.0 Å². The van der Waals surface area contributed by atoms with E-state index in [0.717, 1.165) is 28.6 Å². The summed E-state index contributed by atoms with van der Waals surface area (Å²) < 4.78 is 35.2. The van der Waals surface area contributed by atoms with E-state index in [1.165, 1.54) is 66.8 Å². The molecule has 0 aliphatic carbocycles. The van der Waals surface area contributed by atoms with Gasteiger partial charge in [0.25, 0.3) is 0 Å². The second-order valence-electron chi connectivity index (χ2n) is 14.5. The van der Waals surface area contributed by atoms with Crippen LogP contribution in [0.1, 0.15) is 72.3 Å². The minimum absolute atomic E-state index is 0. The number of rotatable bonds is 12. The molecule has 56 heavy (non-hydrogen) atoms. The average Bonchev–Trinajstić information content (AvgIpc) is 3.15. The standard InChI is InChI=1S/C25H28O2.C24H25O2.2H3P.Y/c1-17-6-18(2)9-22(8-17)15-26-24-12-21(5)13-25(14-24)27-16-23-10-19(3)7-20(4)11-23;1-17-8-18(2)11-21(10-17)15-25-23-6-5-7-24(14-23)26-16-22-12-19(3)9-20(4)13-22;;;/h6-14H,15-16H2,1-5H3;6-14H,15-16H2,1-4H3;2*1H3;/q;-1;;;/i;;2*1D;. The molecule has 6 rings (SSSR count). The smallest absolute Gasteiger partial charge is 0.123 e. The summed E-state index contributed by atoms with van der Waals surface area (Å²) in [6.07, 6.45) is 0. The van der Waals surface area contributed by atoms with Crippen molar-refractivity contribution in [1.82, 2.24) is 0 Å². The van der Waals surface area contributed by atoms with Crippen LogP contribution in [0, 0.1) is 68.4 Å². The number of aryl methyl sites for hydroxylation is 9. The zero-order valence-corrected chi connectivity index (χ0v) is 39.7. The first-order chi connectivity index (χ1) is 27.3. The van der Waals surface area contributed by atoms with Crippen LogP contribution in [0.2, 0.25) is 0 Å². The molecule has 2 atom stereocenters. The molecule has 0 fully saturated rings. The molecule has 0 spiro atoms. The van der Waals surface area contributed by atoms with E-state index in [1.807, 2.05) is 36.4 Å². The minimum Gasteiger partial charge on any atom is -0.547 e. The summed E-state index contributed by atoms with van der Waals surface area (Å²) in [5, 5.41) is 0. The van der Waals surface area contributed by atoms with Gasteiger partial charge in [-0.25, -0.2) is 0 Å². The Morgan fingerprint density at radius 2 is 0.554 bits per heavy atom. The predicted octanol–water partition coefficient (Wildman–Crippen LogP) is 12.4. The van der Waals surface area contributed by atoms with Crippen LogP contribution in [-0.4, -0.2) is 2.56 Å². The zero-order chi connectivity index (χ0) is 41.9. The van der Waals surface area contributed by atoms with E-state index in [4.69, 9.17) is 21.5 Å². The Labute approximate surface area is 370 Å². The van der Waals surface area contributed by atoms with Gasteiger partial charge in [0.15, 0.2) is 0 Å². The van der Waals surface area contributed by atoms with Crippen molar-refractivity contribution in [3.63, 3.8) is 0 Å². The van der Waals surface area contributed by atoms with Gasteiger partial charge >= 0.3 is 0 Å². The monoisotopic (exact) mass is 864 g/mol. The molecule has 1 radical (unpaired) electrons. The van der Waals surface area contributed by atoms with E-state index < -0.39 is 0 Å². The van der Waals surface area contributed by atoms with Gasteiger partial charge in [-0.2, -0.15) is 25.8 Å². The molecule has 0 aromatic heterocycles. The van der Waals surface area contributed by atoms with Crippen LogP contribution in [-0.2, 0) is 59.1 Å². The van der Waals surface area contributed by atoms with E-state index in [0.29, 0.717) is 26.4 Å². The van der Waals surface area contributed by atoms with Crippen LogP contribution in [0.4, 0.5) is 0 Å². The molecule has 6 aromatic carbocycles. The van der Waals surface area contributed by atoms with Crippen molar-refractivity contribution in [2.75, 3.05) is 0 Å². The summed E-state index contributed by atoms with van der Waals surface area (Å²) >= 11 is 0. The number of hydrogen-bond donors (Lipinski definition) is 0. The van der Waals surface area contributed by atoms with E-state index >= 15 is 0 Å². The first-order valence-corrected chi connectivity index (χ1v) is 18.3. The van der Waals surface area contributed by atoms with E-state index in [-0.39, 0.29) is 32.7 Å². The summed E-state index contributed by atoms with van der Waals surface area (Å²) in [7, 11) is 3.33. The van der Waals surface area contributed by atoms with Crippen molar-refractivity contribution in [1.29, 1.82) is 2.56 Å². The summed E-state index contributed by atoms with van der Waals surface area (Å²) in [5.74, 6) is 3.21. The molecule has 0 saturated carbocycles. The Bertz CT molecular complexity index is 1950. The van der Waals surface area contributed by atoms with Crippen molar-refractivity contribution >= 4 is 19.7 Å². The van der Waals surface area contributed by atoms with Gasteiger partial charge < -0.3 is 18.9 Å². The number of hydrogen-bond acceptors (Lipinski definition) is 4. The molecule has 2 unspecified atom stereocenters. The molecule has 0 bridgehead atoms. The third kappa shape index (κ3) is 16.5. The van der Waals surface area contributed by atoms with Gasteiger partial charge in [-0.1, -0.05) is 123 Å². The van der Waals surface area contributed by atoms with Gasteiger partial charge in [0.2, 0.25) is 0 Å². The van der Waals surface area contributed by atoms with Gasteiger partial charge in [0, 0.05) is 50.3 Å². The van der Waals surface area contributed by atoms with E-state index in [1.54, 1.807) is 19.7 Å². The molecule has 6 aromatic rings. The quantitative estimate of drug-likeness (QED) is 0.0907. The maximum absolute atomic E-state index is 6.03. The molecule has 0 aliphatic rings. The fourth-order valence-corrected chi connectivity index (χ4v) is 6.75. The van der Waals surface area contributed by atoms with Crippen LogP contribution in [0.15, 0.2) is 109 Å². The molecule has 293 valence electrons. The first-order valence-electron chi connectivity index (χ1n) is 19.4. The molecular formula is C49H59O4P2Y-. The second-order valence-corrected chi connectivity index (χ2v) is 14.5. The fourth-order valence-electron chi connectivity index (χ4n) is 6.75. The number of benzene rings is 6. The van der Waals surface area contributed by atoms with Crippen LogP contribution in [0.25, 0.3) is 0 Å². The van der Waals surface area contributed by atoms with Gasteiger partial charge in [-0.05, 0) is 102 Å². The molecule has 0 heterocycles. The van der Waals surface area contributed by atoms with E-state index in [9.17, 15) is 0 Å². The van der Waals surface area contributed by atoms with Gasteiger partial charge in [0.05, 0.1) is 15.8 Å². The Balaban J connectivity index is 0.000000363. The van der Waals surface area contributed by atoms with Gasteiger partial charge in [-0.3, -0.25) is 0 Å². The minimum atomic E-state index is 0. The molecular weight excluding hydrogens is 803 g/mol. The Morgan fingerprint density at radius 1 is 0.339 bits per heavy atom. The summed E-state index contributed by atoms with van der Waals surface area (Å²) in [6, 6.07) is 40.7. The molecule has 0 amide bonds. The normalized spacial score (nSPS) is 10.3. The maximum Gasteiger partial charge on any atom is 0.123 e. The fraction of sp³-hybridized carbons (Fsp3) is 0.265. The summed E-state index contributed by atoms with van der Waals surface area (Å²) in [5.41, 5.74) is 15.9. The SMILES string of the molecule is Cc1cc(C)cc(COc2c[c-]cc(OCc3cc(C)cc(C)c3)c2)c1.Cc1cc(C)cc(COc2cc(C)cc(OCc3cc(C)cc(C)c3)c2)c1.[2H]P.[2H]P.[Y]. The van der Waals surface area contributed by atoms with Crippen molar-refractivity contribution in [2.45, 2.75) is 88.7 Å². The molecule has 0 N–H and O–H groups in total. The Morgan fingerprint density at radius 3 is 0.821 bits per heavy atom. The van der Waals surface area contributed by atoms with Crippen molar-refractivity contribution < 1.29 is 51.7 Å². The van der Waals surface area contributed by atoms with Crippen LogP contribution < -0.4 is 18.9 Å². The predicted molar refractivity (Wildman–Crippen MR) is 240 cm³/mol. The van der Waals surface area contributed by atoms with Gasteiger partial charge in [-0.15, -0.1) is 12.1 Å². The molecule has 4 nitrogen and oxygen atoms in total. The second kappa shape index (κ2) is 23.7. The van der Waals surface area contributed by atoms with Crippen molar-refractivity contribution in [3.05, 3.63) is 188 Å². The van der Waals surface area contributed by atoms with Crippen LogP contribution in [0.3, 0.4) is 0 Å². The maximum atomic E-state index is 6.03. The largest absolute Gasteiger partial charge is 0.547 e. The molecule has 0 aliphatic heterocycles. The third-order valence-electron chi connectivity index (χ3n) is 8.51. The zero-order valence-electron chi connectivity index (χ0n) is 36.6. The summed E-state index contributed by atoms with van der Waals surface area (Å²) in [6.45, 7) is 21.1. The number of ether oxygens (including phenoxy) is 4. The average molecular weight is 865 g/mol. The topological polar surface area (TPSA) is 36.9 Å². The van der Waals surface area contributed by atoms with Crippen molar-refractivity contribution in [2.24, 2.45) is 0 Å².